The molecule has 0 saturated heterocycles. The summed E-state index contributed by atoms with van der Waals surface area (Å²) in [6.07, 6.45) is 0. The Morgan fingerprint density at radius 1 is 1.04 bits per heavy atom. The summed E-state index contributed by atoms with van der Waals surface area (Å²) in [6, 6.07) is 21.0. The summed E-state index contributed by atoms with van der Waals surface area (Å²) < 4.78 is 6.76. The molecule has 0 aliphatic heterocycles. The molecule has 1 aromatic heterocycles. The van der Waals surface area contributed by atoms with Crippen LogP contribution in [-0.2, 0) is 0 Å². The first kappa shape index (κ1) is 16.8. The van der Waals surface area contributed by atoms with Gasteiger partial charge in [0.2, 0.25) is 5.89 Å². The zero-order valence-corrected chi connectivity index (χ0v) is 16.2. The number of carbonyl (C=O) groups is 1. The molecule has 0 bridgehead atoms. The van der Waals surface area contributed by atoms with Gasteiger partial charge < -0.3 is 9.73 Å². The zero-order chi connectivity index (χ0) is 18.1. The number of nitrogens with one attached hydrogen (secondary N) is 1. The van der Waals surface area contributed by atoms with Crippen molar-refractivity contribution in [2.24, 2.45) is 0 Å². The van der Waals surface area contributed by atoms with Gasteiger partial charge in [0.1, 0.15) is 5.52 Å². The van der Waals surface area contributed by atoms with Gasteiger partial charge in [-0.2, -0.15) is 0 Å². The van der Waals surface area contributed by atoms with Crippen LogP contribution in [0.1, 0.15) is 15.9 Å². The molecule has 4 nitrogen and oxygen atoms in total. The number of aromatic nitrogens is 1. The first-order chi connectivity index (χ1) is 12.6. The van der Waals surface area contributed by atoms with E-state index in [-0.39, 0.29) is 5.91 Å². The van der Waals surface area contributed by atoms with Gasteiger partial charge >= 0.3 is 0 Å². The molecule has 0 aliphatic rings. The van der Waals surface area contributed by atoms with Gasteiger partial charge in [-0.15, -0.1) is 0 Å². The zero-order valence-electron chi connectivity index (χ0n) is 14.0. The van der Waals surface area contributed by atoms with E-state index in [0.29, 0.717) is 28.2 Å². The molecule has 4 rings (SSSR count). The summed E-state index contributed by atoms with van der Waals surface area (Å²) in [5, 5.41) is 2.92. The van der Waals surface area contributed by atoms with Crippen molar-refractivity contribution in [2.45, 2.75) is 6.92 Å². The van der Waals surface area contributed by atoms with Crippen LogP contribution in [0.2, 0.25) is 0 Å². The predicted octanol–water partition coefficient (Wildman–Crippen LogP) is 5.66. The van der Waals surface area contributed by atoms with Gasteiger partial charge in [0, 0.05) is 14.8 Å². The number of anilines is 1. The van der Waals surface area contributed by atoms with E-state index in [0.717, 1.165) is 14.7 Å². The van der Waals surface area contributed by atoms with Crippen LogP contribution in [0.25, 0.3) is 22.6 Å². The lowest BCUT2D eigenvalue weighted by Gasteiger charge is -2.06. The molecule has 3 aromatic carbocycles. The van der Waals surface area contributed by atoms with Crippen molar-refractivity contribution >= 4 is 45.3 Å². The number of carbonyl (C=O) groups excluding carboxylic acids is 1. The van der Waals surface area contributed by atoms with Crippen LogP contribution in [0.5, 0.6) is 0 Å². The van der Waals surface area contributed by atoms with Crippen molar-refractivity contribution in [2.75, 3.05) is 5.32 Å². The number of hydrogen-bond acceptors (Lipinski definition) is 3. The van der Waals surface area contributed by atoms with Crippen molar-refractivity contribution in [3.05, 3.63) is 81.4 Å². The second kappa shape index (κ2) is 6.92. The van der Waals surface area contributed by atoms with Gasteiger partial charge in [0.15, 0.2) is 5.58 Å². The Labute approximate surface area is 164 Å². The third-order valence-electron chi connectivity index (χ3n) is 4.03. The lowest BCUT2D eigenvalue weighted by atomic mass is 10.1. The van der Waals surface area contributed by atoms with Crippen LogP contribution in [-0.4, -0.2) is 10.9 Å². The fraction of sp³-hybridized carbons (Fsp3) is 0.0476. The van der Waals surface area contributed by atoms with Crippen molar-refractivity contribution in [1.29, 1.82) is 0 Å². The lowest BCUT2D eigenvalue weighted by Crippen LogP contribution is -2.13. The highest BCUT2D eigenvalue weighted by atomic mass is 127. The number of benzene rings is 3. The minimum atomic E-state index is -0.142. The van der Waals surface area contributed by atoms with Crippen LogP contribution in [0, 0.1) is 10.5 Å². The first-order valence-electron chi connectivity index (χ1n) is 8.14. The van der Waals surface area contributed by atoms with Crippen LogP contribution >= 0.6 is 22.6 Å². The molecule has 1 N–H and O–H groups in total. The third-order valence-corrected chi connectivity index (χ3v) is 4.97. The van der Waals surface area contributed by atoms with Crippen molar-refractivity contribution < 1.29 is 9.21 Å². The molecular formula is C21H15IN2O2. The molecule has 0 radical (unpaired) electrons. The topological polar surface area (TPSA) is 55.1 Å². The minimum Gasteiger partial charge on any atom is -0.436 e. The van der Waals surface area contributed by atoms with Gasteiger partial charge in [-0.05, 0) is 72.0 Å². The normalized spacial score (nSPS) is 10.8. The molecule has 0 atom stereocenters. The highest BCUT2D eigenvalue weighted by Gasteiger charge is 2.12. The average molecular weight is 454 g/mol. The summed E-state index contributed by atoms with van der Waals surface area (Å²) in [7, 11) is 0. The molecule has 26 heavy (non-hydrogen) atoms. The molecular weight excluding hydrogens is 439 g/mol. The van der Waals surface area contributed by atoms with Crippen LogP contribution in [0.4, 0.5) is 5.69 Å². The van der Waals surface area contributed by atoms with Gasteiger partial charge in [-0.3, -0.25) is 4.79 Å². The van der Waals surface area contributed by atoms with E-state index in [1.54, 1.807) is 0 Å². The SMILES string of the molecule is Cc1cccc(-c2nc3cc(NC(=O)c4ccccc4I)ccc3o2)c1. The quantitative estimate of drug-likeness (QED) is 0.407. The number of amides is 1. The lowest BCUT2D eigenvalue weighted by molar-refractivity contribution is 0.102. The average Bonchev–Trinajstić information content (AvgIpc) is 3.05. The van der Waals surface area contributed by atoms with Gasteiger partial charge in [0.05, 0.1) is 5.56 Å². The van der Waals surface area contributed by atoms with Crippen LogP contribution in [0.15, 0.2) is 71.1 Å². The predicted molar refractivity (Wildman–Crippen MR) is 111 cm³/mol. The monoisotopic (exact) mass is 454 g/mol. The van der Waals surface area contributed by atoms with E-state index in [2.05, 4.69) is 32.9 Å². The molecule has 0 aliphatic carbocycles. The van der Waals surface area contributed by atoms with E-state index in [1.807, 2.05) is 73.7 Å². The highest BCUT2D eigenvalue weighted by Crippen LogP contribution is 2.27. The number of rotatable bonds is 3. The number of nitrogens with zero attached hydrogens (tertiary/aromatic N) is 1. The number of fused-ring (bicyclic) bond motifs is 1. The summed E-state index contributed by atoms with van der Waals surface area (Å²) in [5.74, 6) is 0.432. The van der Waals surface area contributed by atoms with E-state index in [9.17, 15) is 4.79 Å². The maximum absolute atomic E-state index is 12.5. The number of oxazole rings is 1. The van der Waals surface area contributed by atoms with Crippen molar-refractivity contribution in [3.63, 3.8) is 0 Å². The maximum atomic E-state index is 12.5. The summed E-state index contributed by atoms with van der Waals surface area (Å²) >= 11 is 2.16. The standard InChI is InChI=1S/C21H15IN2O2/c1-13-5-4-6-14(11-13)21-24-18-12-15(9-10-19(18)26-21)23-20(25)16-7-2-3-8-17(16)22/h2-12H,1H3,(H,23,25). The van der Waals surface area contributed by atoms with Gasteiger partial charge in [-0.25, -0.2) is 4.98 Å². The van der Waals surface area contributed by atoms with E-state index in [1.165, 1.54) is 0 Å². The molecule has 0 fully saturated rings. The fourth-order valence-corrected chi connectivity index (χ4v) is 3.38. The summed E-state index contributed by atoms with van der Waals surface area (Å²) in [5.41, 5.74) is 4.82. The molecule has 0 saturated carbocycles. The minimum absolute atomic E-state index is 0.142. The number of halogens is 1. The maximum Gasteiger partial charge on any atom is 0.256 e. The molecule has 4 aromatic rings. The van der Waals surface area contributed by atoms with Crippen LogP contribution in [0.3, 0.4) is 0 Å². The number of hydrogen-bond donors (Lipinski definition) is 1. The Hall–Kier alpha value is -2.67. The van der Waals surface area contributed by atoms with Crippen molar-refractivity contribution in [3.8, 4) is 11.5 Å². The molecule has 1 amide bonds. The third kappa shape index (κ3) is 3.35. The van der Waals surface area contributed by atoms with Crippen molar-refractivity contribution in [1.82, 2.24) is 4.98 Å². The summed E-state index contributed by atoms with van der Waals surface area (Å²) in [4.78, 5) is 17.0. The Bertz CT molecular complexity index is 1120. The van der Waals surface area contributed by atoms with E-state index >= 15 is 0 Å². The first-order valence-corrected chi connectivity index (χ1v) is 9.21. The van der Waals surface area contributed by atoms with Crippen LogP contribution < -0.4 is 5.32 Å². The van der Waals surface area contributed by atoms with E-state index in [4.69, 9.17) is 4.42 Å². The smallest absolute Gasteiger partial charge is 0.256 e. The largest absolute Gasteiger partial charge is 0.436 e. The van der Waals surface area contributed by atoms with Gasteiger partial charge in [-0.1, -0.05) is 29.8 Å². The molecule has 0 spiro atoms. The molecule has 1 heterocycles. The molecule has 0 unspecified atom stereocenters. The Morgan fingerprint density at radius 3 is 2.69 bits per heavy atom. The Morgan fingerprint density at radius 2 is 1.88 bits per heavy atom. The fourth-order valence-electron chi connectivity index (χ4n) is 2.75. The summed E-state index contributed by atoms with van der Waals surface area (Å²) in [6.45, 7) is 2.03. The molecule has 5 heteroatoms. The van der Waals surface area contributed by atoms with Gasteiger partial charge in [0.25, 0.3) is 5.91 Å². The highest BCUT2D eigenvalue weighted by molar-refractivity contribution is 14.1. The van der Waals surface area contributed by atoms with E-state index < -0.39 is 0 Å². The second-order valence-corrected chi connectivity index (χ2v) is 7.17. The number of aryl methyl sites for hydroxylation is 1. The molecule has 128 valence electrons. The Balaban J connectivity index is 1.64. The second-order valence-electron chi connectivity index (χ2n) is 6.00. The Kier molecular flexibility index (Phi) is 4.46.